The molecule has 0 unspecified atom stereocenters. The Labute approximate surface area is 139 Å². The van der Waals surface area contributed by atoms with Crippen molar-refractivity contribution in [3.63, 3.8) is 0 Å². The average molecular weight is 323 g/mol. The molecule has 1 aromatic heterocycles. The Morgan fingerprint density at radius 3 is 2.48 bits per heavy atom. The van der Waals surface area contributed by atoms with Gasteiger partial charge in [0.05, 0.1) is 5.69 Å². The number of aromatic nitrogens is 1. The van der Waals surface area contributed by atoms with Crippen molar-refractivity contribution in [2.75, 3.05) is 11.1 Å². The number of anilines is 2. The number of hydrogen-bond donors (Lipinski definition) is 2. The second-order valence-corrected chi connectivity index (χ2v) is 6.07. The highest BCUT2D eigenvalue weighted by Gasteiger charge is 2.05. The number of thiazole rings is 1. The zero-order valence-corrected chi connectivity index (χ0v) is 13.3. The van der Waals surface area contributed by atoms with E-state index >= 15 is 0 Å². The minimum absolute atomic E-state index is 0.0134. The summed E-state index contributed by atoms with van der Waals surface area (Å²) in [6, 6.07) is 17.6. The molecular formula is C18H17N3OS. The normalized spacial score (nSPS) is 10.4. The molecule has 0 aliphatic heterocycles. The Bertz CT molecular complexity index is 782. The Balaban J connectivity index is 1.56. The topological polar surface area (TPSA) is 68.0 Å². The van der Waals surface area contributed by atoms with Crippen molar-refractivity contribution in [1.29, 1.82) is 0 Å². The molecule has 2 aromatic carbocycles. The van der Waals surface area contributed by atoms with Crippen molar-refractivity contribution < 1.29 is 4.79 Å². The van der Waals surface area contributed by atoms with Gasteiger partial charge in [-0.3, -0.25) is 4.79 Å². The number of rotatable bonds is 5. The van der Waals surface area contributed by atoms with E-state index in [-0.39, 0.29) is 5.91 Å². The number of aryl methyl sites for hydroxylation is 1. The summed E-state index contributed by atoms with van der Waals surface area (Å²) in [5.41, 5.74) is 9.44. The minimum atomic E-state index is 0.0134. The van der Waals surface area contributed by atoms with Gasteiger partial charge in [-0.05, 0) is 24.1 Å². The summed E-state index contributed by atoms with van der Waals surface area (Å²) in [5, 5.41) is 5.39. The van der Waals surface area contributed by atoms with Crippen LogP contribution in [0.3, 0.4) is 0 Å². The van der Waals surface area contributed by atoms with Crippen LogP contribution in [0.4, 0.5) is 10.8 Å². The van der Waals surface area contributed by atoms with Crippen LogP contribution >= 0.6 is 11.3 Å². The first-order valence-corrected chi connectivity index (χ1v) is 8.24. The van der Waals surface area contributed by atoms with Gasteiger partial charge >= 0.3 is 0 Å². The van der Waals surface area contributed by atoms with E-state index in [1.807, 2.05) is 60.0 Å². The molecule has 23 heavy (non-hydrogen) atoms. The predicted molar refractivity (Wildman–Crippen MR) is 95.4 cm³/mol. The average Bonchev–Trinajstić information content (AvgIpc) is 3.01. The minimum Gasteiger partial charge on any atom is -0.375 e. The van der Waals surface area contributed by atoms with Gasteiger partial charge in [-0.2, -0.15) is 0 Å². The first-order valence-electron chi connectivity index (χ1n) is 7.36. The maximum atomic E-state index is 12.0. The molecule has 5 heteroatoms. The quantitative estimate of drug-likeness (QED) is 0.746. The van der Waals surface area contributed by atoms with Gasteiger partial charge < -0.3 is 11.1 Å². The molecular weight excluding hydrogens is 306 g/mol. The maximum Gasteiger partial charge on any atom is 0.224 e. The van der Waals surface area contributed by atoms with Crippen LogP contribution in [-0.2, 0) is 11.2 Å². The number of amides is 1. The molecule has 0 fully saturated rings. The zero-order chi connectivity index (χ0) is 16.1. The molecule has 0 saturated carbocycles. The highest BCUT2D eigenvalue weighted by Crippen LogP contribution is 2.24. The molecule has 3 rings (SSSR count). The van der Waals surface area contributed by atoms with E-state index in [0.29, 0.717) is 11.6 Å². The number of nitrogen functional groups attached to an aromatic ring is 1. The molecule has 3 aromatic rings. The van der Waals surface area contributed by atoms with Gasteiger partial charge in [0.25, 0.3) is 0 Å². The second kappa shape index (κ2) is 7.07. The lowest BCUT2D eigenvalue weighted by Crippen LogP contribution is -2.12. The van der Waals surface area contributed by atoms with Crippen LogP contribution in [0.15, 0.2) is 60.0 Å². The number of hydrogen-bond acceptors (Lipinski definition) is 4. The van der Waals surface area contributed by atoms with Crippen LogP contribution in [0.25, 0.3) is 11.3 Å². The van der Waals surface area contributed by atoms with Gasteiger partial charge in [0.15, 0.2) is 5.13 Å². The molecule has 0 spiro atoms. The Hall–Kier alpha value is -2.66. The van der Waals surface area contributed by atoms with Gasteiger partial charge in [0.2, 0.25) is 5.91 Å². The molecule has 3 N–H and O–H groups in total. The van der Waals surface area contributed by atoms with E-state index < -0.39 is 0 Å². The van der Waals surface area contributed by atoms with Gasteiger partial charge in [0.1, 0.15) is 0 Å². The summed E-state index contributed by atoms with van der Waals surface area (Å²) in [7, 11) is 0. The van der Waals surface area contributed by atoms with Crippen molar-refractivity contribution in [2.45, 2.75) is 12.8 Å². The van der Waals surface area contributed by atoms with Crippen LogP contribution in [0.5, 0.6) is 0 Å². The predicted octanol–water partition coefficient (Wildman–Crippen LogP) is 3.96. The van der Waals surface area contributed by atoms with Gasteiger partial charge in [-0.25, -0.2) is 4.98 Å². The smallest absolute Gasteiger partial charge is 0.224 e. The molecule has 1 heterocycles. The maximum absolute atomic E-state index is 12.0. The van der Waals surface area contributed by atoms with Crippen LogP contribution in [0.2, 0.25) is 0 Å². The molecule has 0 saturated heterocycles. The molecule has 0 aliphatic rings. The van der Waals surface area contributed by atoms with Crippen molar-refractivity contribution in [3.8, 4) is 11.3 Å². The molecule has 0 aliphatic carbocycles. The molecule has 116 valence electrons. The van der Waals surface area contributed by atoms with Crippen LogP contribution in [0, 0.1) is 0 Å². The van der Waals surface area contributed by atoms with Crippen molar-refractivity contribution in [1.82, 2.24) is 4.98 Å². The first-order chi connectivity index (χ1) is 11.2. The van der Waals surface area contributed by atoms with E-state index in [9.17, 15) is 4.79 Å². The fourth-order valence-electron chi connectivity index (χ4n) is 2.27. The summed E-state index contributed by atoms with van der Waals surface area (Å²) in [5.74, 6) is 0.0134. The van der Waals surface area contributed by atoms with E-state index in [2.05, 4.69) is 10.3 Å². The summed E-state index contributed by atoms with van der Waals surface area (Å²) in [6.07, 6.45) is 1.21. The highest BCUT2D eigenvalue weighted by atomic mass is 32.1. The SMILES string of the molecule is Nc1nc(-c2ccc(NC(=O)CCc3ccccc3)cc2)cs1. The number of carbonyl (C=O) groups excluding carboxylic acids is 1. The number of nitrogens with two attached hydrogens (primary N) is 1. The fraction of sp³-hybridized carbons (Fsp3) is 0.111. The third-order valence-corrected chi connectivity index (χ3v) is 4.14. The molecule has 1 amide bonds. The Kier molecular flexibility index (Phi) is 4.68. The third kappa shape index (κ3) is 4.17. The van der Waals surface area contributed by atoms with E-state index in [1.165, 1.54) is 16.9 Å². The zero-order valence-electron chi connectivity index (χ0n) is 12.5. The second-order valence-electron chi connectivity index (χ2n) is 5.18. The third-order valence-electron chi connectivity index (χ3n) is 3.47. The van der Waals surface area contributed by atoms with Gasteiger partial charge in [0, 0.05) is 23.1 Å². The number of nitrogens with one attached hydrogen (secondary N) is 1. The molecule has 4 nitrogen and oxygen atoms in total. The first kappa shape index (κ1) is 15.2. The van der Waals surface area contributed by atoms with E-state index in [0.717, 1.165) is 23.4 Å². The summed E-state index contributed by atoms with van der Waals surface area (Å²) >= 11 is 1.42. The number of carbonyl (C=O) groups is 1. The largest absolute Gasteiger partial charge is 0.375 e. The lowest BCUT2D eigenvalue weighted by atomic mass is 10.1. The number of benzene rings is 2. The summed E-state index contributed by atoms with van der Waals surface area (Å²) in [4.78, 5) is 16.2. The highest BCUT2D eigenvalue weighted by molar-refractivity contribution is 7.13. The van der Waals surface area contributed by atoms with Crippen molar-refractivity contribution in [2.24, 2.45) is 0 Å². The lowest BCUT2D eigenvalue weighted by molar-refractivity contribution is -0.116. The van der Waals surface area contributed by atoms with Crippen molar-refractivity contribution >= 4 is 28.1 Å². The summed E-state index contributed by atoms with van der Waals surface area (Å²) in [6.45, 7) is 0. The lowest BCUT2D eigenvalue weighted by Gasteiger charge is -2.06. The monoisotopic (exact) mass is 323 g/mol. The number of nitrogens with zero attached hydrogens (tertiary/aromatic N) is 1. The van der Waals surface area contributed by atoms with Crippen LogP contribution in [0.1, 0.15) is 12.0 Å². The van der Waals surface area contributed by atoms with Crippen molar-refractivity contribution in [3.05, 3.63) is 65.5 Å². The molecule has 0 atom stereocenters. The van der Waals surface area contributed by atoms with Crippen LogP contribution in [-0.4, -0.2) is 10.9 Å². The van der Waals surface area contributed by atoms with E-state index in [4.69, 9.17) is 5.73 Å². The summed E-state index contributed by atoms with van der Waals surface area (Å²) < 4.78 is 0. The molecule has 0 bridgehead atoms. The Morgan fingerprint density at radius 1 is 1.09 bits per heavy atom. The van der Waals surface area contributed by atoms with Crippen LogP contribution < -0.4 is 11.1 Å². The Morgan fingerprint density at radius 2 is 1.83 bits per heavy atom. The van der Waals surface area contributed by atoms with E-state index in [1.54, 1.807) is 0 Å². The molecule has 0 radical (unpaired) electrons. The van der Waals surface area contributed by atoms with Gasteiger partial charge in [-0.15, -0.1) is 11.3 Å². The fourth-order valence-corrected chi connectivity index (χ4v) is 2.84. The standard InChI is InChI=1S/C18H17N3OS/c19-18-21-16(12-23-18)14-7-9-15(10-8-14)20-17(22)11-6-13-4-2-1-3-5-13/h1-5,7-10,12H,6,11H2,(H2,19,21)(H,20,22). The van der Waals surface area contributed by atoms with Gasteiger partial charge in [-0.1, -0.05) is 42.5 Å².